The summed E-state index contributed by atoms with van der Waals surface area (Å²) in [5.74, 6) is -0.792. The number of carboxylic acid groups (broad SMARTS) is 1. The van der Waals surface area contributed by atoms with Crippen LogP contribution in [0.15, 0.2) is 0 Å². The van der Waals surface area contributed by atoms with Gasteiger partial charge in [0.05, 0.1) is 5.60 Å². The second-order valence-electron chi connectivity index (χ2n) is 6.44. The molecule has 3 N–H and O–H groups in total. The first kappa shape index (κ1) is 16.8. The zero-order valence-electron chi connectivity index (χ0n) is 12.7. The predicted molar refractivity (Wildman–Crippen MR) is 75.6 cm³/mol. The number of carboxylic acids is 1. The maximum atomic E-state index is 11.9. The van der Waals surface area contributed by atoms with Crippen LogP contribution in [-0.2, 0) is 9.53 Å². The van der Waals surface area contributed by atoms with Crippen LogP contribution in [0.4, 0.5) is 4.79 Å². The maximum absolute atomic E-state index is 11.9. The molecule has 116 valence electrons. The van der Waals surface area contributed by atoms with Gasteiger partial charge in [0.1, 0.15) is 6.04 Å². The molecule has 1 heterocycles. The van der Waals surface area contributed by atoms with Gasteiger partial charge in [0.2, 0.25) is 0 Å². The third kappa shape index (κ3) is 5.77. The number of carbonyl (C=O) groups excluding carboxylic acids is 1. The molecule has 0 aromatic carbocycles. The Balaban J connectivity index is 2.47. The first-order valence-electron chi connectivity index (χ1n) is 7.13. The van der Waals surface area contributed by atoms with E-state index in [-0.39, 0.29) is 17.6 Å². The fourth-order valence-corrected chi connectivity index (χ4v) is 2.43. The van der Waals surface area contributed by atoms with Gasteiger partial charge >= 0.3 is 12.0 Å². The van der Waals surface area contributed by atoms with E-state index in [0.29, 0.717) is 13.0 Å². The zero-order chi connectivity index (χ0) is 15.3. The molecule has 0 aromatic rings. The summed E-state index contributed by atoms with van der Waals surface area (Å²) in [5, 5.41) is 14.5. The molecule has 0 saturated carbocycles. The fourth-order valence-electron chi connectivity index (χ4n) is 2.43. The van der Waals surface area contributed by atoms with E-state index in [2.05, 4.69) is 10.6 Å². The van der Waals surface area contributed by atoms with E-state index >= 15 is 0 Å². The minimum absolute atomic E-state index is 0.0206. The van der Waals surface area contributed by atoms with Gasteiger partial charge in [0, 0.05) is 12.6 Å². The van der Waals surface area contributed by atoms with Gasteiger partial charge in [-0.15, -0.1) is 0 Å². The minimum atomic E-state index is -0.999. The molecule has 1 aliphatic rings. The van der Waals surface area contributed by atoms with Crippen LogP contribution in [0.3, 0.4) is 0 Å². The molecule has 0 aromatic heterocycles. The highest BCUT2D eigenvalue weighted by atomic mass is 16.5. The largest absolute Gasteiger partial charge is 0.480 e. The van der Waals surface area contributed by atoms with Crippen molar-refractivity contribution >= 4 is 12.0 Å². The van der Waals surface area contributed by atoms with Gasteiger partial charge in [-0.3, -0.25) is 0 Å². The lowest BCUT2D eigenvalue weighted by Gasteiger charge is -2.35. The first-order chi connectivity index (χ1) is 9.19. The molecule has 1 fully saturated rings. The molecule has 1 saturated heterocycles. The maximum Gasteiger partial charge on any atom is 0.326 e. The van der Waals surface area contributed by atoms with E-state index in [1.165, 1.54) is 0 Å². The van der Waals surface area contributed by atoms with Crippen LogP contribution >= 0.6 is 0 Å². The van der Waals surface area contributed by atoms with Gasteiger partial charge in [0.25, 0.3) is 0 Å². The van der Waals surface area contributed by atoms with Crippen LogP contribution in [0, 0.1) is 5.92 Å². The number of carbonyl (C=O) groups is 2. The quantitative estimate of drug-likeness (QED) is 0.718. The molecule has 1 unspecified atom stereocenters. The molecule has 6 nitrogen and oxygen atoms in total. The van der Waals surface area contributed by atoms with E-state index < -0.39 is 18.0 Å². The van der Waals surface area contributed by atoms with Crippen LogP contribution in [0.25, 0.3) is 0 Å². The molecular formula is C14H26N2O4. The Labute approximate surface area is 120 Å². The topological polar surface area (TPSA) is 87.7 Å². The lowest BCUT2D eigenvalue weighted by Crippen LogP contribution is -2.52. The van der Waals surface area contributed by atoms with Gasteiger partial charge < -0.3 is 20.5 Å². The van der Waals surface area contributed by atoms with Crippen LogP contribution in [0.1, 0.15) is 47.0 Å². The van der Waals surface area contributed by atoms with Crippen LogP contribution in [-0.4, -0.2) is 41.4 Å². The first-order valence-corrected chi connectivity index (χ1v) is 7.13. The molecule has 0 spiro atoms. The Morgan fingerprint density at radius 1 is 1.40 bits per heavy atom. The molecule has 0 bridgehead atoms. The average Bonchev–Trinajstić information content (AvgIpc) is 2.25. The molecule has 6 heteroatoms. The summed E-state index contributed by atoms with van der Waals surface area (Å²) in [6.07, 6.45) is 1.89. The molecule has 2 atom stereocenters. The summed E-state index contributed by atoms with van der Waals surface area (Å²) in [5.41, 5.74) is -0.250. The monoisotopic (exact) mass is 286 g/mol. The van der Waals surface area contributed by atoms with Gasteiger partial charge in [0.15, 0.2) is 0 Å². The molecule has 1 rings (SSSR count). The van der Waals surface area contributed by atoms with Crippen molar-refractivity contribution in [2.24, 2.45) is 5.92 Å². The van der Waals surface area contributed by atoms with Crippen LogP contribution < -0.4 is 10.6 Å². The number of nitrogens with one attached hydrogen (secondary N) is 2. The van der Waals surface area contributed by atoms with E-state index in [1.807, 2.05) is 27.7 Å². The fraction of sp³-hybridized carbons (Fsp3) is 0.857. The Kier molecular flexibility index (Phi) is 5.80. The van der Waals surface area contributed by atoms with Crippen molar-refractivity contribution < 1.29 is 19.4 Å². The predicted octanol–water partition coefficient (Wildman–Crippen LogP) is 1.74. The Morgan fingerprint density at radius 3 is 2.55 bits per heavy atom. The normalized spacial score (nSPS) is 23.1. The Morgan fingerprint density at radius 2 is 2.05 bits per heavy atom. The SMILES string of the molecule is CC(C)C[C@H](NC(=O)NC1CCOC(C)(C)C1)C(=O)O. The summed E-state index contributed by atoms with van der Waals surface area (Å²) in [6.45, 7) is 8.43. The summed E-state index contributed by atoms with van der Waals surface area (Å²) in [7, 11) is 0. The second kappa shape index (κ2) is 6.92. The van der Waals surface area contributed by atoms with Crippen molar-refractivity contribution in [2.75, 3.05) is 6.61 Å². The van der Waals surface area contributed by atoms with Crippen molar-refractivity contribution in [3.8, 4) is 0 Å². The van der Waals surface area contributed by atoms with Gasteiger partial charge in [-0.1, -0.05) is 13.8 Å². The van der Waals surface area contributed by atoms with Gasteiger partial charge in [-0.2, -0.15) is 0 Å². The summed E-state index contributed by atoms with van der Waals surface area (Å²) in [6, 6.07) is -1.24. The van der Waals surface area contributed by atoms with Crippen LogP contribution in [0.2, 0.25) is 0 Å². The number of hydrogen-bond donors (Lipinski definition) is 3. The third-order valence-electron chi connectivity index (χ3n) is 3.34. The summed E-state index contributed by atoms with van der Waals surface area (Å²) >= 11 is 0. The van der Waals surface area contributed by atoms with E-state index in [4.69, 9.17) is 9.84 Å². The summed E-state index contributed by atoms with van der Waals surface area (Å²) < 4.78 is 5.58. The van der Waals surface area contributed by atoms with Crippen molar-refractivity contribution in [1.82, 2.24) is 10.6 Å². The number of rotatable bonds is 5. The molecule has 20 heavy (non-hydrogen) atoms. The van der Waals surface area contributed by atoms with E-state index in [0.717, 1.165) is 12.8 Å². The Hall–Kier alpha value is -1.30. The second-order valence-corrected chi connectivity index (χ2v) is 6.44. The molecule has 1 aliphatic heterocycles. The highest BCUT2D eigenvalue weighted by molar-refractivity contribution is 5.82. The molecule has 2 amide bonds. The van der Waals surface area contributed by atoms with E-state index in [9.17, 15) is 9.59 Å². The number of aliphatic carboxylic acids is 1. The van der Waals surface area contributed by atoms with Gasteiger partial charge in [-0.25, -0.2) is 9.59 Å². The van der Waals surface area contributed by atoms with E-state index in [1.54, 1.807) is 0 Å². The van der Waals surface area contributed by atoms with Gasteiger partial charge in [-0.05, 0) is 39.0 Å². The van der Waals surface area contributed by atoms with Crippen molar-refractivity contribution in [2.45, 2.75) is 64.6 Å². The number of ether oxygens (including phenoxy) is 1. The van der Waals surface area contributed by atoms with Crippen molar-refractivity contribution in [3.05, 3.63) is 0 Å². The lowest BCUT2D eigenvalue weighted by atomic mass is 9.94. The number of urea groups is 1. The van der Waals surface area contributed by atoms with Crippen LogP contribution in [0.5, 0.6) is 0 Å². The summed E-state index contributed by atoms with van der Waals surface area (Å²) in [4.78, 5) is 23.0. The molecule has 0 radical (unpaired) electrons. The third-order valence-corrected chi connectivity index (χ3v) is 3.34. The number of amides is 2. The number of hydrogen-bond acceptors (Lipinski definition) is 3. The molecule has 0 aliphatic carbocycles. The Bertz CT molecular complexity index is 355. The molecular weight excluding hydrogens is 260 g/mol. The standard InChI is InChI=1S/C14H26N2O4/c1-9(2)7-11(12(17)18)16-13(19)15-10-5-6-20-14(3,4)8-10/h9-11H,5-8H2,1-4H3,(H,17,18)(H2,15,16,19)/t10?,11-/m0/s1. The zero-order valence-corrected chi connectivity index (χ0v) is 12.7. The smallest absolute Gasteiger partial charge is 0.326 e. The average molecular weight is 286 g/mol. The van der Waals surface area contributed by atoms with Crippen molar-refractivity contribution in [1.29, 1.82) is 0 Å². The highest BCUT2D eigenvalue weighted by Gasteiger charge is 2.30. The highest BCUT2D eigenvalue weighted by Crippen LogP contribution is 2.23. The minimum Gasteiger partial charge on any atom is -0.480 e. The van der Waals surface area contributed by atoms with Crippen molar-refractivity contribution in [3.63, 3.8) is 0 Å². The lowest BCUT2D eigenvalue weighted by molar-refractivity contribution is -0.139.